The minimum atomic E-state index is -0.346. The van der Waals surface area contributed by atoms with Crippen LogP contribution in [0.5, 0.6) is 0 Å². The van der Waals surface area contributed by atoms with E-state index in [4.69, 9.17) is 0 Å². The highest BCUT2D eigenvalue weighted by atomic mass is 19.1. The molecule has 1 fully saturated rings. The molecule has 0 heterocycles. The zero-order valence-corrected chi connectivity index (χ0v) is 9.44. The second kappa shape index (κ2) is 4.98. The molecule has 1 rings (SSSR count). The van der Waals surface area contributed by atoms with Crippen molar-refractivity contribution in [3.63, 3.8) is 0 Å². The van der Waals surface area contributed by atoms with Crippen LogP contribution >= 0.6 is 0 Å². The molecular weight excluding hydrogens is 187 g/mol. The van der Waals surface area contributed by atoms with Crippen molar-refractivity contribution in [2.45, 2.75) is 33.1 Å². The van der Waals surface area contributed by atoms with Crippen LogP contribution in [0.3, 0.4) is 0 Å². The Labute approximate surface area is 91.6 Å². The molecule has 0 aliphatic heterocycles. The Morgan fingerprint density at radius 3 is 2.73 bits per heavy atom. The SMILES string of the molecule is C=C(C#CC)/C(F)=C\C=C/CC1(C)CC1. The molecule has 1 saturated carbocycles. The molecule has 1 aliphatic rings. The van der Waals surface area contributed by atoms with E-state index < -0.39 is 0 Å². The maximum absolute atomic E-state index is 13.2. The van der Waals surface area contributed by atoms with Crippen LogP contribution in [0, 0.1) is 17.3 Å². The Kier molecular flexibility index (Phi) is 3.91. The fourth-order valence-electron chi connectivity index (χ4n) is 1.23. The second-order valence-corrected chi connectivity index (χ2v) is 4.31. The minimum Gasteiger partial charge on any atom is -0.206 e. The summed E-state index contributed by atoms with van der Waals surface area (Å²) < 4.78 is 13.2. The molecule has 0 bridgehead atoms. The first-order valence-electron chi connectivity index (χ1n) is 5.22. The van der Waals surface area contributed by atoms with Crippen molar-refractivity contribution in [1.29, 1.82) is 0 Å². The molecule has 0 amide bonds. The van der Waals surface area contributed by atoms with E-state index in [2.05, 4.69) is 25.3 Å². The smallest absolute Gasteiger partial charge is 0.138 e. The highest BCUT2D eigenvalue weighted by Crippen LogP contribution is 2.48. The molecule has 0 aromatic carbocycles. The maximum atomic E-state index is 13.2. The standard InChI is InChI=1S/C14H17F/c1-4-7-12(2)13(15)8-5-6-9-14(3)10-11-14/h5-6,8H,2,9-11H2,1,3H3/b6-5-,13-8+. The van der Waals surface area contributed by atoms with E-state index in [1.165, 1.54) is 18.9 Å². The van der Waals surface area contributed by atoms with Crippen LogP contribution < -0.4 is 0 Å². The van der Waals surface area contributed by atoms with E-state index in [1.54, 1.807) is 13.0 Å². The highest BCUT2D eigenvalue weighted by Gasteiger charge is 2.35. The number of hydrogen-bond donors (Lipinski definition) is 0. The molecule has 0 saturated heterocycles. The van der Waals surface area contributed by atoms with Crippen LogP contribution in [0.15, 0.2) is 36.2 Å². The van der Waals surface area contributed by atoms with Gasteiger partial charge in [-0.3, -0.25) is 0 Å². The molecular formula is C14H17F. The van der Waals surface area contributed by atoms with Crippen LogP contribution in [-0.4, -0.2) is 0 Å². The van der Waals surface area contributed by atoms with Crippen molar-refractivity contribution in [3.05, 3.63) is 36.2 Å². The first kappa shape index (κ1) is 11.8. The molecule has 15 heavy (non-hydrogen) atoms. The largest absolute Gasteiger partial charge is 0.206 e. The Hall–Kier alpha value is -1.29. The highest BCUT2D eigenvalue weighted by molar-refractivity contribution is 5.40. The molecule has 0 nitrogen and oxygen atoms in total. The van der Waals surface area contributed by atoms with Gasteiger partial charge in [0.15, 0.2) is 0 Å². The zero-order chi connectivity index (χ0) is 11.3. The van der Waals surface area contributed by atoms with Gasteiger partial charge in [0, 0.05) is 0 Å². The fraction of sp³-hybridized carbons (Fsp3) is 0.429. The Bertz CT molecular complexity index is 357. The summed E-state index contributed by atoms with van der Waals surface area (Å²) in [7, 11) is 0. The zero-order valence-electron chi connectivity index (χ0n) is 9.44. The van der Waals surface area contributed by atoms with Gasteiger partial charge in [-0.1, -0.05) is 31.6 Å². The lowest BCUT2D eigenvalue weighted by Crippen LogP contribution is -1.87. The van der Waals surface area contributed by atoms with Gasteiger partial charge in [-0.2, -0.15) is 0 Å². The predicted octanol–water partition coefficient (Wildman–Crippen LogP) is 4.17. The molecule has 0 atom stereocenters. The lowest BCUT2D eigenvalue weighted by atomic mass is 10.1. The molecule has 0 aromatic rings. The first-order valence-corrected chi connectivity index (χ1v) is 5.22. The maximum Gasteiger partial charge on any atom is 0.138 e. The number of hydrogen-bond acceptors (Lipinski definition) is 0. The quantitative estimate of drug-likeness (QED) is 0.476. The summed E-state index contributed by atoms with van der Waals surface area (Å²) in [6.45, 7) is 7.45. The van der Waals surface area contributed by atoms with E-state index in [0.29, 0.717) is 5.41 Å². The molecule has 0 N–H and O–H groups in total. The summed E-state index contributed by atoms with van der Waals surface area (Å²) in [4.78, 5) is 0. The minimum absolute atomic E-state index is 0.250. The van der Waals surface area contributed by atoms with E-state index in [0.717, 1.165) is 6.42 Å². The van der Waals surface area contributed by atoms with Crippen molar-refractivity contribution in [2.75, 3.05) is 0 Å². The molecule has 1 heteroatoms. The predicted molar refractivity (Wildman–Crippen MR) is 62.9 cm³/mol. The molecule has 1 aliphatic carbocycles. The van der Waals surface area contributed by atoms with E-state index >= 15 is 0 Å². The monoisotopic (exact) mass is 204 g/mol. The van der Waals surface area contributed by atoms with Crippen molar-refractivity contribution in [1.82, 2.24) is 0 Å². The summed E-state index contributed by atoms with van der Waals surface area (Å²) in [5, 5.41) is 0. The lowest BCUT2D eigenvalue weighted by Gasteiger charge is -2.00. The second-order valence-electron chi connectivity index (χ2n) is 4.31. The van der Waals surface area contributed by atoms with E-state index in [1.807, 2.05) is 6.08 Å². The van der Waals surface area contributed by atoms with Crippen LogP contribution in [0.25, 0.3) is 0 Å². The fourth-order valence-corrected chi connectivity index (χ4v) is 1.23. The van der Waals surface area contributed by atoms with Gasteiger partial charge in [-0.15, -0.1) is 5.92 Å². The topological polar surface area (TPSA) is 0 Å². The van der Waals surface area contributed by atoms with Gasteiger partial charge in [0.05, 0.1) is 5.57 Å². The molecule has 0 unspecified atom stereocenters. The van der Waals surface area contributed by atoms with E-state index in [9.17, 15) is 4.39 Å². The average Bonchev–Trinajstić information content (AvgIpc) is 2.92. The average molecular weight is 204 g/mol. The molecule has 0 radical (unpaired) electrons. The van der Waals surface area contributed by atoms with Crippen molar-refractivity contribution >= 4 is 0 Å². The Morgan fingerprint density at radius 1 is 1.53 bits per heavy atom. The van der Waals surface area contributed by atoms with Gasteiger partial charge in [-0.25, -0.2) is 4.39 Å². The van der Waals surface area contributed by atoms with Gasteiger partial charge in [0.1, 0.15) is 5.83 Å². The molecule has 0 aromatic heterocycles. The van der Waals surface area contributed by atoms with E-state index in [-0.39, 0.29) is 11.4 Å². The van der Waals surface area contributed by atoms with Gasteiger partial charge in [-0.05, 0) is 37.7 Å². The van der Waals surface area contributed by atoms with Crippen LogP contribution in [0.1, 0.15) is 33.1 Å². The van der Waals surface area contributed by atoms with Gasteiger partial charge in [0.25, 0.3) is 0 Å². The third-order valence-electron chi connectivity index (χ3n) is 2.66. The molecule has 80 valence electrons. The van der Waals surface area contributed by atoms with Gasteiger partial charge < -0.3 is 0 Å². The Balaban J connectivity index is 2.41. The number of rotatable bonds is 4. The molecule has 0 spiro atoms. The van der Waals surface area contributed by atoms with Gasteiger partial charge >= 0.3 is 0 Å². The summed E-state index contributed by atoms with van der Waals surface area (Å²) in [6, 6.07) is 0. The third-order valence-corrected chi connectivity index (χ3v) is 2.66. The van der Waals surface area contributed by atoms with Crippen molar-refractivity contribution in [2.24, 2.45) is 5.41 Å². The lowest BCUT2D eigenvalue weighted by molar-refractivity contribution is 0.584. The normalized spacial score (nSPS) is 18.5. The number of allylic oxidation sites excluding steroid dienone is 5. The first-order chi connectivity index (χ1) is 7.07. The Morgan fingerprint density at radius 2 is 2.20 bits per heavy atom. The van der Waals surface area contributed by atoms with Crippen LogP contribution in [0.4, 0.5) is 4.39 Å². The summed E-state index contributed by atoms with van der Waals surface area (Å²) in [6.07, 6.45) is 8.80. The van der Waals surface area contributed by atoms with Gasteiger partial charge in [0.2, 0.25) is 0 Å². The number of halogens is 1. The third kappa shape index (κ3) is 4.16. The van der Waals surface area contributed by atoms with Crippen LogP contribution in [-0.2, 0) is 0 Å². The van der Waals surface area contributed by atoms with Crippen LogP contribution in [0.2, 0.25) is 0 Å². The summed E-state index contributed by atoms with van der Waals surface area (Å²) >= 11 is 0. The summed E-state index contributed by atoms with van der Waals surface area (Å²) in [5.74, 6) is 4.87. The van der Waals surface area contributed by atoms with Crippen molar-refractivity contribution in [3.8, 4) is 11.8 Å². The van der Waals surface area contributed by atoms with Crippen molar-refractivity contribution < 1.29 is 4.39 Å². The summed E-state index contributed by atoms with van der Waals surface area (Å²) in [5.41, 5.74) is 0.737.